The first-order valence-electron chi connectivity index (χ1n) is 6.56. The highest BCUT2D eigenvalue weighted by Crippen LogP contribution is 2.23. The maximum absolute atomic E-state index is 10.9. The molecule has 0 bridgehead atoms. The molecule has 17 heavy (non-hydrogen) atoms. The first kappa shape index (κ1) is 12.8. The van der Waals surface area contributed by atoms with Gasteiger partial charge in [-0.1, -0.05) is 12.8 Å². The quantitative estimate of drug-likeness (QED) is 0.682. The van der Waals surface area contributed by atoms with Crippen molar-refractivity contribution in [2.75, 3.05) is 0 Å². The van der Waals surface area contributed by atoms with Crippen LogP contribution in [0.2, 0.25) is 0 Å². The van der Waals surface area contributed by atoms with E-state index in [0.717, 1.165) is 32.1 Å². The van der Waals surface area contributed by atoms with Crippen LogP contribution < -0.4 is 11.1 Å². The lowest BCUT2D eigenvalue weighted by atomic mass is 9.93. The van der Waals surface area contributed by atoms with Crippen molar-refractivity contribution in [2.45, 2.75) is 69.4 Å². The highest BCUT2D eigenvalue weighted by Gasteiger charge is 2.30. The topological polar surface area (TPSA) is 84.6 Å². The second-order valence-electron chi connectivity index (χ2n) is 5.10. The third-order valence-electron chi connectivity index (χ3n) is 3.74. The van der Waals surface area contributed by atoms with Gasteiger partial charge in [-0.15, -0.1) is 0 Å². The van der Waals surface area contributed by atoms with E-state index in [1.54, 1.807) is 0 Å². The summed E-state index contributed by atoms with van der Waals surface area (Å²) in [4.78, 5) is 10.9. The molecule has 2 aliphatic rings. The van der Waals surface area contributed by atoms with Crippen LogP contribution in [-0.2, 0) is 9.53 Å². The Morgan fingerprint density at radius 3 is 2.65 bits per heavy atom. The first-order valence-corrected chi connectivity index (χ1v) is 6.56. The molecule has 0 aromatic carbocycles. The Labute approximate surface area is 102 Å². The van der Waals surface area contributed by atoms with Crippen molar-refractivity contribution in [1.29, 1.82) is 0 Å². The molecule has 4 atom stereocenters. The summed E-state index contributed by atoms with van der Waals surface area (Å²) in [6.45, 7) is 0. The van der Waals surface area contributed by atoms with E-state index in [9.17, 15) is 4.79 Å². The number of rotatable bonds is 3. The molecule has 0 amide bonds. The van der Waals surface area contributed by atoms with Gasteiger partial charge in [0.1, 0.15) is 12.3 Å². The van der Waals surface area contributed by atoms with Gasteiger partial charge in [0, 0.05) is 6.04 Å². The number of nitrogens with one attached hydrogen (secondary N) is 1. The van der Waals surface area contributed by atoms with Crippen LogP contribution in [0.25, 0.3) is 0 Å². The largest absolute Gasteiger partial charge is 0.480 e. The molecule has 5 nitrogen and oxygen atoms in total. The molecule has 2 fully saturated rings. The lowest BCUT2D eigenvalue weighted by molar-refractivity contribution is -0.144. The lowest BCUT2D eigenvalue weighted by Crippen LogP contribution is -2.51. The molecule has 2 rings (SSSR count). The molecule has 98 valence electrons. The molecule has 1 saturated carbocycles. The number of hydrogen-bond donors (Lipinski definition) is 3. The number of aliphatic carboxylic acids is 1. The van der Waals surface area contributed by atoms with E-state index in [1.807, 2.05) is 0 Å². The van der Waals surface area contributed by atoms with Gasteiger partial charge in [-0.25, -0.2) is 0 Å². The van der Waals surface area contributed by atoms with Crippen LogP contribution in [0.3, 0.4) is 0 Å². The molecule has 4 unspecified atom stereocenters. The Morgan fingerprint density at radius 1 is 1.18 bits per heavy atom. The zero-order chi connectivity index (χ0) is 12.3. The number of nitrogens with two attached hydrogens (primary N) is 1. The fourth-order valence-corrected chi connectivity index (χ4v) is 2.71. The van der Waals surface area contributed by atoms with Gasteiger partial charge in [-0.05, 0) is 32.1 Å². The van der Waals surface area contributed by atoms with E-state index in [1.165, 1.54) is 6.42 Å². The standard InChI is InChI=1S/C12H22N2O3/c13-8-4-1-2-6-10(8)17-11-7-3-5-9(14-11)12(15)16/h8-11,14H,1-7,13H2,(H,15,16). The fraction of sp³-hybridized carbons (Fsp3) is 0.917. The SMILES string of the molecule is NC1CCCCC1OC1CCCC(C(=O)O)N1. The van der Waals surface area contributed by atoms with Crippen LogP contribution in [-0.4, -0.2) is 35.5 Å². The molecule has 1 aliphatic heterocycles. The van der Waals surface area contributed by atoms with Crippen LogP contribution in [0.15, 0.2) is 0 Å². The number of hydrogen-bond acceptors (Lipinski definition) is 4. The second-order valence-corrected chi connectivity index (χ2v) is 5.10. The average molecular weight is 242 g/mol. The Balaban J connectivity index is 1.83. The second kappa shape index (κ2) is 5.80. The normalized spacial score (nSPS) is 38.9. The third kappa shape index (κ3) is 3.40. The van der Waals surface area contributed by atoms with Crippen molar-refractivity contribution in [3.05, 3.63) is 0 Å². The number of carbonyl (C=O) groups is 1. The molecule has 0 radical (unpaired) electrons. The van der Waals surface area contributed by atoms with Crippen molar-refractivity contribution >= 4 is 5.97 Å². The summed E-state index contributed by atoms with van der Waals surface area (Å²) in [5, 5.41) is 12.0. The molecule has 1 aliphatic carbocycles. The molecule has 1 heterocycles. The van der Waals surface area contributed by atoms with Crippen LogP contribution in [0.1, 0.15) is 44.9 Å². The van der Waals surface area contributed by atoms with Gasteiger partial charge in [0.25, 0.3) is 0 Å². The van der Waals surface area contributed by atoms with Crippen molar-refractivity contribution in [3.63, 3.8) is 0 Å². The molecule has 1 saturated heterocycles. The minimum atomic E-state index is -0.786. The van der Waals surface area contributed by atoms with Gasteiger partial charge in [0.2, 0.25) is 0 Å². The van der Waals surface area contributed by atoms with Crippen LogP contribution in [0.5, 0.6) is 0 Å². The van der Waals surface area contributed by atoms with E-state index in [0.29, 0.717) is 6.42 Å². The monoisotopic (exact) mass is 242 g/mol. The molecule has 0 spiro atoms. The molecule has 5 heteroatoms. The summed E-state index contributed by atoms with van der Waals surface area (Å²) in [6.07, 6.45) is 6.77. The summed E-state index contributed by atoms with van der Waals surface area (Å²) < 4.78 is 5.93. The van der Waals surface area contributed by atoms with Gasteiger partial charge >= 0.3 is 5.97 Å². The predicted octanol–water partition coefficient (Wildman–Crippen LogP) is 0.826. The smallest absolute Gasteiger partial charge is 0.320 e. The number of ether oxygens (including phenoxy) is 1. The maximum Gasteiger partial charge on any atom is 0.320 e. The number of carboxylic acid groups (broad SMARTS) is 1. The first-order chi connectivity index (χ1) is 8.16. The minimum Gasteiger partial charge on any atom is -0.480 e. The van der Waals surface area contributed by atoms with Gasteiger partial charge in [0.15, 0.2) is 0 Å². The summed E-state index contributed by atoms with van der Waals surface area (Å²) in [6, 6.07) is -0.357. The van der Waals surface area contributed by atoms with Crippen molar-refractivity contribution in [2.24, 2.45) is 5.73 Å². The van der Waals surface area contributed by atoms with Gasteiger partial charge in [-0.2, -0.15) is 0 Å². The highest BCUT2D eigenvalue weighted by atomic mass is 16.5. The molecule has 0 aromatic rings. The predicted molar refractivity (Wildman–Crippen MR) is 63.5 cm³/mol. The van der Waals surface area contributed by atoms with Crippen molar-refractivity contribution in [1.82, 2.24) is 5.32 Å². The van der Waals surface area contributed by atoms with Crippen molar-refractivity contribution < 1.29 is 14.6 Å². The summed E-state index contributed by atoms with van der Waals surface area (Å²) in [7, 11) is 0. The number of carboxylic acids is 1. The van der Waals surface area contributed by atoms with Crippen LogP contribution >= 0.6 is 0 Å². The van der Waals surface area contributed by atoms with E-state index in [2.05, 4.69) is 5.32 Å². The molecular formula is C12H22N2O3. The van der Waals surface area contributed by atoms with Gasteiger partial charge < -0.3 is 15.6 Å². The van der Waals surface area contributed by atoms with E-state index >= 15 is 0 Å². The zero-order valence-electron chi connectivity index (χ0n) is 10.1. The highest BCUT2D eigenvalue weighted by molar-refractivity contribution is 5.73. The van der Waals surface area contributed by atoms with Crippen LogP contribution in [0, 0.1) is 0 Å². The Kier molecular flexibility index (Phi) is 4.36. The summed E-state index contributed by atoms with van der Waals surface area (Å²) in [5.41, 5.74) is 6.02. The minimum absolute atomic E-state index is 0.0915. The van der Waals surface area contributed by atoms with Gasteiger partial charge in [0.05, 0.1) is 6.10 Å². The molecule has 4 N–H and O–H groups in total. The fourth-order valence-electron chi connectivity index (χ4n) is 2.71. The molecule has 0 aromatic heterocycles. The Hall–Kier alpha value is -0.650. The Morgan fingerprint density at radius 2 is 1.94 bits per heavy atom. The molecular weight excluding hydrogens is 220 g/mol. The summed E-state index contributed by atoms with van der Waals surface area (Å²) in [5.74, 6) is -0.786. The van der Waals surface area contributed by atoms with E-state index < -0.39 is 12.0 Å². The van der Waals surface area contributed by atoms with Gasteiger partial charge in [-0.3, -0.25) is 10.1 Å². The maximum atomic E-state index is 10.9. The van der Waals surface area contributed by atoms with E-state index in [-0.39, 0.29) is 18.4 Å². The summed E-state index contributed by atoms with van der Waals surface area (Å²) >= 11 is 0. The van der Waals surface area contributed by atoms with Crippen LogP contribution in [0.4, 0.5) is 0 Å². The lowest BCUT2D eigenvalue weighted by Gasteiger charge is -2.35. The third-order valence-corrected chi connectivity index (χ3v) is 3.74. The average Bonchev–Trinajstić information content (AvgIpc) is 2.32. The number of piperidine rings is 1. The zero-order valence-corrected chi connectivity index (χ0v) is 10.1. The van der Waals surface area contributed by atoms with Crippen molar-refractivity contribution in [3.8, 4) is 0 Å². The van der Waals surface area contributed by atoms with E-state index in [4.69, 9.17) is 15.6 Å². The Bertz CT molecular complexity index is 272.